The number of aliphatic hydroxyl groups is 1. The van der Waals surface area contributed by atoms with Crippen LogP contribution < -0.4 is 28.6 Å². The van der Waals surface area contributed by atoms with Crippen molar-refractivity contribution >= 4 is 17.1 Å². The lowest BCUT2D eigenvalue weighted by Gasteiger charge is -2.37. The third-order valence-electron chi connectivity index (χ3n) is 9.04. The average molecular weight is 594 g/mol. The molecule has 0 aliphatic carbocycles. The number of hydrogen-bond donors (Lipinski definition) is 2. The van der Waals surface area contributed by atoms with E-state index in [1.165, 1.54) is 16.5 Å². The van der Waals surface area contributed by atoms with E-state index in [4.69, 9.17) is 4.74 Å². The standard InChI is InChI=1S/C31H35N5O5.ClH/c1-33-27-26(28(37)34(2)30(33)39)35(20-32-27)16-9-17-36-23-14-15-24(36)19-25(18-23)41-29(38)31(40,21-10-5-3-6-11-21)22-12-7-4-8-13-22;/h3-8,10-13,20,23-25,40H,9,14-19H2,1-2H3;1H. The number of carbonyl (C=O) groups is 1. The summed E-state index contributed by atoms with van der Waals surface area (Å²) in [4.78, 5) is 44.5. The van der Waals surface area contributed by atoms with Crippen molar-refractivity contribution in [2.75, 3.05) is 6.54 Å². The third kappa shape index (κ3) is 5.08. The number of rotatable bonds is 8. The van der Waals surface area contributed by atoms with Crippen LogP contribution in [-0.2, 0) is 35.8 Å². The van der Waals surface area contributed by atoms with E-state index in [9.17, 15) is 19.5 Å². The Kier molecular flexibility index (Phi) is 8.41. The van der Waals surface area contributed by atoms with E-state index in [0.29, 0.717) is 40.9 Å². The van der Waals surface area contributed by atoms with E-state index in [0.717, 1.165) is 43.2 Å². The number of benzene rings is 2. The normalized spacial score (nSPS) is 21.7. The van der Waals surface area contributed by atoms with Crippen molar-refractivity contribution in [2.45, 2.75) is 62.4 Å². The van der Waals surface area contributed by atoms with E-state index in [2.05, 4.69) is 4.98 Å². The van der Waals surface area contributed by atoms with Crippen LogP contribution in [0, 0.1) is 0 Å². The molecule has 0 amide bonds. The van der Waals surface area contributed by atoms with Crippen LogP contribution in [0.25, 0.3) is 11.2 Å². The molecule has 2 bridgehead atoms. The molecule has 2 aromatic carbocycles. The van der Waals surface area contributed by atoms with Crippen LogP contribution in [-0.4, -0.2) is 54.5 Å². The lowest BCUT2D eigenvalue weighted by atomic mass is 9.86. The summed E-state index contributed by atoms with van der Waals surface area (Å²) < 4.78 is 10.4. The Labute approximate surface area is 249 Å². The molecule has 11 heteroatoms. The van der Waals surface area contributed by atoms with E-state index < -0.39 is 11.6 Å². The number of nitrogens with zero attached hydrogens (tertiary/aromatic N) is 4. The van der Waals surface area contributed by atoms with Crippen LogP contribution in [0.4, 0.5) is 0 Å². The van der Waals surface area contributed by atoms with Gasteiger partial charge in [-0.05, 0) is 11.1 Å². The second-order valence-corrected chi connectivity index (χ2v) is 11.4. The Bertz CT molecular complexity index is 1630. The minimum absolute atomic E-state index is 0. The van der Waals surface area contributed by atoms with Crippen LogP contribution in [0.3, 0.4) is 0 Å². The summed E-state index contributed by atoms with van der Waals surface area (Å²) in [6.45, 7) is 1.56. The summed E-state index contributed by atoms with van der Waals surface area (Å²) in [7, 11) is 3.11. The van der Waals surface area contributed by atoms with E-state index in [1.807, 2.05) is 41.0 Å². The topological polar surface area (TPSA) is 113 Å². The highest BCUT2D eigenvalue weighted by Crippen LogP contribution is 2.33. The van der Waals surface area contributed by atoms with Crippen molar-refractivity contribution < 1.29 is 31.9 Å². The van der Waals surface area contributed by atoms with E-state index in [1.54, 1.807) is 37.6 Å². The van der Waals surface area contributed by atoms with Crippen LogP contribution in [0.5, 0.6) is 0 Å². The minimum Gasteiger partial charge on any atom is -1.00 e. The van der Waals surface area contributed by atoms with Gasteiger partial charge in [0, 0.05) is 52.7 Å². The van der Waals surface area contributed by atoms with Gasteiger partial charge in [0.2, 0.25) is 5.60 Å². The van der Waals surface area contributed by atoms with E-state index in [-0.39, 0.29) is 29.8 Å². The lowest BCUT2D eigenvalue weighted by molar-refractivity contribution is -0.942. The number of esters is 1. The number of quaternary nitrogens is 1. The van der Waals surface area contributed by atoms with Gasteiger partial charge in [-0.25, -0.2) is 14.6 Å². The van der Waals surface area contributed by atoms with Gasteiger partial charge in [-0.3, -0.25) is 13.9 Å². The van der Waals surface area contributed by atoms with Crippen molar-refractivity contribution in [1.82, 2.24) is 18.7 Å². The van der Waals surface area contributed by atoms with Crippen molar-refractivity contribution in [2.24, 2.45) is 14.1 Å². The number of aromatic nitrogens is 4. The maximum atomic E-state index is 13.6. The first kappa shape index (κ1) is 29.8. The highest BCUT2D eigenvalue weighted by atomic mass is 35.5. The zero-order chi connectivity index (χ0) is 28.7. The smallest absolute Gasteiger partial charge is 0.347 e. The van der Waals surface area contributed by atoms with Gasteiger partial charge in [0.15, 0.2) is 11.2 Å². The fourth-order valence-corrected chi connectivity index (χ4v) is 6.90. The largest absolute Gasteiger partial charge is 1.00 e. The second kappa shape index (κ2) is 11.9. The monoisotopic (exact) mass is 593 g/mol. The first-order chi connectivity index (χ1) is 19.8. The van der Waals surface area contributed by atoms with Crippen molar-refractivity contribution in [3.05, 3.63) is 99.0 Å². The Morgan fingerprint density at radius 3 is 2.12 bits per heavy atom. The molecular weight excluding hydrogens is 558 g/mol. The van der Waals surface area contributed by atoms with Crippen LogP contribution >= 0.6 is 0 Å². The Hall–Kier alpha value is -3.73. The summed E-state index contributed by atoms with van der Waals surface area (Å²) in [5.41, 5.74) is -0.764. The Morgan fingerprint density at radius 2 is 1.55 bits per heavy atom. The molecule has 2 saturated heterocycles. The van der Waals surface area contributed by atoms with Gasteiger partial charge in [0.05, 0.1) is 25.0 Å². The number of nitrogens with one attached hydrogen (secondary N) is 1. The van der Waals surface area contributed by atoms with Gasteiger partial charge in [-0.1, -0.05) is 60.7 Å². The predicted molar refractivity (Wildman–Crippen MR) is 152 cm³/mol. The molecule has 10 nitrogen and oxygen atoms in total. The third-order valence-corrected chi connectivity index (χ3v) is 9.04. The molecule has 4 heterocycles. The van der Waals surface area contributed by atoms with Crippen LogP contribution in [0.2, 0.25) is 0 Å². The molecule has 6 rings (SSSR count). The quantitative estimate of drug-likeness (QED) is 0.226. The fraction of sp³-hybridized carbons (Fsp3) is 0.419. The molecular formula is C31H36ClN5O5. The maximum Gasteiger partial charge on any atom is 0.347 e. The maximum absolute atomic E-state index is 13.6. The van der Waals surface area contributed by atoms with Crippen molar-refractivity contribution in [3.8, 4) is 0 Å². The molecule has 2 atom stereocenters. The SMILES string of the molecule is Cn1c(=O)c2c(ncn2CCC[NH+]2C3CCC2CC(OC(=O)C(O)(c2ccccc2)c2ccccc2)C3)n(C)c1=O.[Cl-]. The van der Waals surface area contributed by atoms with Crippen LogP contribution in [0.15, 0.2) is 76.6 Å². The Morgan fingerprint density at radius 1 is 0.976 bits per heavy atom. The minimum atomic E-state index is -1.88. The number of fused-ring (bicyclic) bond motifs is 3. The molecule has 2 aliphatic heterocycles. The van der Waals surface area contributed by atoms with Crippen molar-refractivity contribution in [3.63, 3.8) is 0 Å². The summed E-state index contributed by atoms with van der Waals surface area (Å²) in [5.74, 6) is -0.634. The number of ether oxygens (including phenoxy) is 1. The summed E-state index contributed by atoms with van der Waals surface area (Å²) >= 11 is 0. The average Bonchev–Trinajstić information content (AvgIpc) is 3.52. The molecule has 2 aromatic heterocycles. The molecule has 2 unspecified atom stereocenters. The molecule has 222 valence electrons. The van der Waals surface area contributed by atoms with Gasteiger partial charge in [0.1, 0.15) is 6.10 Å². The number of aryl methyl sites for hydroxylation is 2. The molecule has 0 radical (unpaired) electrons. The first-order valence-electron chi connectivity index (χ1n) is 14.3. The number of imidazole rings is 1. The number of carbonyl (C=O) groups excluding carboxylic acids is 1. The van der Waals surface area contributed by atoms with Crippen molar-refractivity contribution in [1.29, 1.82) is 0 Å². The van der Waals surface area contributed by atoms with Gasteiger partial charge in [-0.2, -0.15) is 0 Å². The Balaban J connectivity index is 0.00000353. The first-order valence-corrected chi connectivity index (χ1v) is 14.3. The van der Waals surface area contributed by atoms with Gasteiger partial charge < -0.3 is 31.7 Å². The number of halogens is 1. The second-order valence-electron chi connectivity index (χ2n) is 11.4. The summed E-state index contributed by atoms with van der Waals surface area (Å²) in [6.07, 6.45) is 5.92. The predicted octanol–water partition coefficient (Wildman–Crippen LogP) is -2.11. The summed E-state index contributed by atoms with van der Waals surface area (Å²) in [6, 6.07) is 18.7. The molecule has 4 aromatic rings. The molecule has 0 saturated carbocycles. The molecule has 2 fully saturated rings. The molecule has 0 spiro atoms. The number of hydrogen-bond acceptors (Lipinski definition) is 6. The lowest BCUT2D eigenvalue weighted by Crippen LogP contribution is -3.18. The van der Waals surface area contributed by atoms with Crippen LogP contribution in [0.1, 0.15) is 43.2 Å². The molecule has 2 N–H and O–H groups in total. The highest BCUT2D eigenvalue weighted by Gasteiger charge is 2.48. The zero-order valence-electron chi connectivity index (χ0n) is 23.8. The number of piperidine rings is 1. The van der Waals surface area contributed by atoms with Gasteiger partial charge in [-0.15, -0.1) is 0 Å². The fourth-order valence-electron chi connectivity index (χ4n) is 6.90. The van der Waals surface area contributed by atoms with Gasteiger partial charge in [0.25, 0.3) is 5.56 Å². The molecule has 2 aliphatic rings. The molecule has 42 heavy (non-hydrogen) atoms. The summed E-state index contributed by atoms with van der Waals surface area (Å²) in [5, 5.41) is 11.8. The zero-order valence-corrected chi connectivity index (χ0v) is 24.5. The van der Waals surface area contributed by atoms with E-state index >= 15 is 0 Å². The van der Waals surface area contributed by atoms with Gasteiger partial charge >= 0.3 is 11.7 Å². The highest BCUT2D eigenvalue weighted by molar-refractivity contribution is 5.85.